The van der Waals surface area contributed by atoms with E-state index in [2.05, 4.69) is 6.07 Å². The summed E-state index contributed by atoms with van der Waals surface area (Å²) in [6.45, 7) is 0. The van der Waals surface area contributed by atoms with Gasteiger partial charge in [0.25, 0.3) is 0 Å². The second kappa shape index (κ2) is 4.20. The summed E-state index contributed by atoms with van der Waals surface area (Å²) in [5, 5.41) is 9.42. The van der Waals surface area contributed by atoms with Crippen molar-refractivity contribution in [1.82, 2.24) is 0 Å². The van der Waals surface area contributed by atoms with Crippen LogP contribution in [0.4, 0.5) is 4.39 Å². The van der Waals surface area contributed by atoms with E-state index in [0.29, 0.717) is 24.0 Å². The predicted octanol–water partition coefficient (Wildman–Crippen LogP) is 4.20. The lowest BCUT2D eigenvalue weighted by Gasteiger charge is -2.31. The van der Waals surface area contributed by atoms with Crippen molar-refractivity contribution in [3.05, 3.63) is 71.8 Å². The molecule has 0 saturated heterocycles. The number of rotatable bonds is 3. The van der Waals surface area contributed by atoms with Gasteiger partial charge in [0.05, 0.1) is 11.5 Å². The Bertz CT molecular complexity index is 569. The van der Waals surface area contributed by atoms with Crippen molar-refractivity contribution in [2.45, 2.75) is 18.5 Å². The quantitative estimate of drug-likeness (QED) is 0.801. The van der Waals surface area contributed by atoms with Crippen molar-refractivity contribution in [1.29, 1.82) is 5.26 Å². The van der Waals surface area contributed by atoms with Crippen molar-refractivity contribution >= 4 is 0 Å². The van der Waals surface area contributed by atoms with E-state index in [9.17, 15) is 5.26 Å². The topological polar surface area (TPSA) is 23.8 Å². The first-order chi connectivity index (χ1) is 9.23. The maximum absolute atomic E-state index is 15.9. The van der Waals surface area contributed by atoms with Crippen molar-refractivity contribution in [3.8, 4) is 6.07 Å². The van der Waals surface area contributed by atoms with Gasteiger partial charge in [0, 0.05) is 0 Å². The normalized spacial score (nSPS) is 16.6. The Kier molecular flexibility index (Phi) is 2.64. The minimum atomic E-state index is -1.72. The molecular formula is C17H14FN. The van der Waals surface area contributed by atoms with E-state index < -0.39 is 11.1 Å². The van der Waals surface area contributed by atoms with Gasteiger partial charge in [-0.05, 0) is 24.0 Å². The standard InChI is InChI=1S/C17H14FN/c18-17(16(13-19)11-12-16,14-7-3-1-4-8-14)15-9-5-2-6-10-15/h1-10H,11-12H2. The summed E-state index contributed by atoms with van der Waals surface area (Å²) in [5.41, 5.74) is -1.49. The zero-order chi connectivity index (χ0) is 13.3. The number of hydrogen-bond acceptors (Lipinski definition) is 1. The van der Waals surface area contributed by atoms with Gasteiger partial charge in [0.15, 0.2) is 5.67 Å². The third kappa shape index (κ3) is 1.66. The van der Waals surface area contributed by atoms with Gasteiger partial charge >= 0.3 is 0 Å². The van der Waals surface area contributed by atoms with E-state index in [1.165, 1.54) is 0 Å². The van der Waals surface area contributed by atoms with Crippen LogP contribution in [0.15, 0.2) is 60.7 Å². The molecule has 0 unspecified atom stereocenters. The van der Waals surface area contributed by atoms with Gasteiger partial charge < -0.3 is 0 Å². The lowest BCUT2D eigenvalue weighted by atomic mass is 9.76. The van der Waals surface area contributed by atoms with Crippen LogP contribution in [-0.4, -0.2) is 0 Å². The van der Waals surface area contributed by atoms with Crippen LogP contribution in [0.25, 0.3) is 0 Å². The summed E-state index contributed by atoms with van der Waals surface area (Å²) in [5.74, 6) is 0. The first kappa shape index (κ1) is 11.9. The lowest BCUT2D eigenvalue weighted by molar-refractivity contribution is 0.145. The fourth-order valence-electron chi connectivity index (χ4n) is 2.71. The van der Waals surface area contributed by atoms with Gasteiger partial charge in [-0.25, -0.2) is 4.39 Å². The summed E-state index contributed by atoms with van der Waals surface area (Å²) >= 11 is 0. The third-order valence-corrected chi connectivity index (χ3v) is 3.97. The second-order valence-electron chi connectivity index (χ2n) is 5.08. The van der Waals surface area contributed by atoms with Crippen LogP contribution in [0.5, 0.6) is 0 Å². The summed E-state index contributed by atoms with van der Waals surface area (Å²) in [6.07, 6.45) is 1.23. The lowest BCUT2D eigenvalue weighted by Crippen LogP contribution is -2.32. The van der Waals surface area contributed by atoms with Gasteiger partial charge in [-0.1, -0.05) is 60.7 Å². The number of halogens is 1. The molecule has 2 heteroatoms. The van der Waals surface area contributed by atoms with Crippen molar-refractivity contribution in [2.75, 3.05) is 0 Å². The monoisotopic (exact) mass is 251 g/mol. The number of nitriles is 1. The molecule has 0 N–H and O–H groups in total. The molecule has 1 fully saturated rings. The molecule has 3 rings (SSSR count). The first-order valence-electron chi connectivity index (χ1n) is 6.44. The molecule has 0 heterocycles. The molecule has 0 amide bonds. The third-order valence-electron chi connectivity index (χ3n) is 3.97. The SMILES string of the molecule is N#CC1(C(F)(c2ccccc2)c2ccccc2)CC1. The first-order valence-corrected chi connectivity index (χ1v) is 6.44. The van der Waals surface area contributed by atoms with Crippen molar-refractivity contribution in [3.63, 3.8) is 0 Å². The highest BCUT2D eigenvalue weighted by Gasteiger charge is 2.63. The van der Waals surface area contributed by atoms with Crippen LogP contribution in [0, 0.1) is 16.7 Å². The van der Waals surface area contributed by atoms with Crippen LogP contribution < -0.4 is 0 Å². The molecule has 2 aromatic rings. The highest BCUT2D eigenvalue weighted by molar-refractivity contribution is 5.44. The minimum absolute atomic E-state index is 0.570. The predicted molar refractivity (Wildman–Crippen MR) is 72.1 cm³/mol. The summed E-state index contributed by atoms with van der Waals surface area (Å²) in [7, 11) is 0. The van der Waals surface area contributed by atoms with Crippen LogP contribution in [0.1, 0.15) is 24.0 Å². The highest BCUT2D eigenvalue weighted by Crippen LogP contribution is 2.62. The molecule has 0 aromatic heterocycles. The van der Waals surface area contributed by atoms with E-state index >= 15 is 4.39 Å². The van der Waals surface area contributed by atoms with E-state index in [1.54, 1.807) is 24.3 Å². The molecule has 1 aliphatic carbocycles. The molecule has 19 heavy (non-hydrogen) atoms. The molecule has 0 atom stereocenters. The summed E-state index contributed by atoms with van der Waals surface area (Å²) < 4.78 is 15.9. The van der Waals surface area contributed by atoms with Crippen molar-refractivity contribution < 1.29 is 4.39 Å². The Morgan fingerprint density at radius 3 is 1.63 bits per heavy atom. The Hall–Kier alpha value is -2.14. The molecule has 0 radical (unpaired) electrons. The molecule has 2 aromatic carbocycles. The van der Waals surface area contributed by atoms with Crippen LogP contribution in [0.3, 0.4) is 0 Å². The van der Waals surface area contributed by atoms with E-state index in [1.807, 2.05) is 36.4 Å². The molecule has 0 spiro atoms. The molecule has 0 aliphatic heterocycles. The number of benzene rings is 2. The largest absolute Gasteiger partial charge is 0.232 e. The Morgan fingerprint density at radius 2 is 1.32 bits per heavy atom. The smallest absolute Gasteiger partial charge is 0.179 e. The zero-order valence-corrected chi connectivity index (χ0v) is 10.5. The minimum Gasteiger partial charge on any atom is -0.232 e. The molecule has 1 nitrogen and oxygen atoms in total. The van der Waals surface area contributed by atoms with E-state index in [0.717, 1.165) is 0 Å². The molecular weight excluding hydrogens is 237 g/mol. The van der Waals surface area contributed by atoms with Crippen LogP contribution in [0.2, 0.25) is 0 Å². The fraction of sp³-hybridized carbons (Fsp3) is 0.235. The number of hydrogen-bond donors (Lipinski definition) is 0. The second-order valence-corrected chi connectivity index (χ2v) is 5.08. The van der Waals surface area contributed by atoms with E-state index in [4.69, 9.17) is 0 Å². The maximum Gasteiger partial charge on any atom is 0.179 e. The van der Waals surface area contributed by atoms with Gasteiger partial charge in [0.1, 0.15) is 0 Å². The molecule has 1 saturated carbocycles. The molecule has 94 valence electrons. The fourth-order valence-corrected chi connectivity index (χ4v) is 2.71. The van der Waals surface area contributed by atoms with Crippen molar-refractivity contribution in [2.24, 2.45) is 5.41 Å². The highest BCUT2D eigenvalue weighted by atomic mass is 19.1. The van der Waals surface area contributed by atoms with Crippen LogP contribution >= 0.6 is 0 Å². The molecule has 0 bridgehead atoms. The van der Waals surface area contributed by atoms with Gasteiger partial charge in [-0.15, -0.1) is 0 Å². The Balaban J connectivity index is 2.21. The Morgan fingerprint density at radius 1 is 0.895 bits per heavy atom. The van der Waals surface area contributed by atoms with Gasteiger partial charge in [0.2, 0.25) is 0 Å². The summed E-state index contributed by atoms with van der Waals surface area (Å²) in [6, 6.07) is 20.3. The number of nitrogens with zero attached hydrogens (tertiary/aromatic N) is 1. The van der Waals surface area contributed by atoms with Gasteiger partial charge in [-0.2, -0.15) is 5.26 Å². The number of alkyl halides is 1. The van der Waals surface area contributed by atoms with Crippen LogP contribution in [-0.2, 0) is 5.67 Å². The summed E-state index contributed by atoms with van der Waals surface area (Å²) in [4.78, 5) is 0. The molecule has 1 aliphatic rings. The average molecular weight is 251 g/mol. The zero-order valence-electron chi connectivity index (χ0n) is 10.5. The van der Waals surface area contributed by atoms with E-state index in [-0.39, 0.29) is 0 Å². The average Bonchev–Trinajstić information content (AvgIpc) is 3.30. The Labute approximate surface area is 112 Å². The maximum atomic E-state index is 15.9. The van der Waals surface area contributed by atoms with Gasteiger partial charge in [-0.3, -0.25) is 0 Å².